The highest BCUT2D eigenvalue weighted by Crippen LogP contribution is 2.38. The number of phosphoric ester groups is 1. The fourth-order valence-electron chi connectivity index (χ4n) is 5.95. The van der Waals surface area contributed by atoms with Crippen LogP contribution in [0.3, 0.4) is 0 Å². The number of unbranched alkanes of at least 4 members (excludes halogenated alkanes) is 21. The van der Waals surface area contributed by atoms with Crippen molar-refractivity contribution in [3.63, 3.8) is 0 Å². The summed E-state index contributed by atoms with van der Waals surface area (Å²) in [6.45, 7) is 3.33. The standard InChI is InChI=1S/C39H78NO10P/c1-3-5-7-9-10-11-12-13-14-15-18-21-25-29-38(43)47-33-35(34-49-51(45,46)48-32-31-40)50-39(44)30-26-22-19-16-17-20-24-28-37(42)36(41)27-23-8-6-4-2/h35-37,41-42H,3-34,40H2,1-2H3,(H,45,46)/p-1/t35-,36?,37?/m1/s1. The highest BCUT2D eigenvalue weighted by Gasteiger charge is 2.21. The number of hydrogen-bond acceptors (Lipinski definition) is 11. The minimum atomic E-state index is -4.65. The van der Waals surface area contributed by atoms with Gasteiger partial charge in [-0.25, -0.2) is 0 Å². The van der Waals surface area contributed by atoms with Crippen molar-refractivity contribution in [3.8, 4) is 0 Å². The molecule has 12 heteroatoms. The zero-order valence-corrected chi connectivity index (χ0v) is 33.4. The van der Waals surface area contributed by atoms with Gasteiger partial charge in [0.15, 0.2) is 6.10 Å². The van der Waals surface area contributed by atoms with Gasteiger partial charge in [0.05, 0.1) is 25.4 Å². The van der Waals surface area contributed by atoms with E-state index in [1.807, 2.05) is 0 Å². The third kappa shape index (κ3) is 34.4. The molecule has 51 heavy (non-hydrogen) atoms. The molecule has 0 aliphatic rings. The Hall–Kier alpha value is -1.07. The summed E-state index contributed by atoms with van der Waals surface area (Å²) >= 11 is 0. The van der Waals surface area contributed by atoms with Gasteiger partial charge in [-0.05, 0) is 25.7 Å². The lowest BCUT2D eigenvalue weighted by Crippen LogP contribution is -2.30. The molecule has 4 atom stereocenters. The Bertz CT molecular complexity index is 849. The lowest BCUT2D eigenvalue weighted by atomic mass is 10.00. The molecule has 0 amide bonds. The van der Waals surface area contributed by atoms with Crippen molar-refractivity contribution < 1.29 is 47.8 Å². The van der Waals surface area contributed by atoms with Crippen LogP contribution < -0.4 is 10.6 Å². The van der Waals surface area contributed by atoms with Gasteiger partial charge in [-0.15, -0.1) is 0 Å². The second-order valence-corrected chi connectivity index (χ2v) is 15.6. The molecule has 0 heterocycles. The zero-order chi connectivity index (χ0) is 37.8. The minimum absolute atomic E-state index is 0.00265. The highest BCUT2D eigenvalue weighted by molar-refractivity contribution is 7.45. The van der Waals surface area contributed by atoms with Gasteiger partial charge in [-0.3, -0.25) is 14.2 Å². The molecule has 0 aliphatic heterocycles. The van der Waals surface area contributed by atoms with E-state index in [1.165, 1.54) is 57.8 Å². The first-order valence-corrected chi connectivity index (χ1v) is 22.1. The number of rotatable bonds is 39. The molecule has 11 nitrogen and oxygen atoms in total. The SMILES string of the molecule is CCCCCCCCCCCCCCCC(=O)OC[C@H](COP(=O)([O-])OCCN)OC(=O)CCCCCCCCCC(O)C(O)CCCCCC. The average Bonchev–Trinajstić information content (AvgIpc) is 3.11. The number of carbonyl (C=O) groups excluding carboxylic acids is 2. The molecule has 0 aromatic rings. The predicted molar refractivity (Wildman–Crippen MR) is 202 cm³/mol. The summed E-state index contributed by atoms with van der Waals surface area (Å²) < 4.78 is 32.3. The predicted octanol–water partition coefficient (Wildman–Crippen LogP) is 8.59. The summed E-state index contributed by atoms with van der Waals surface area (Å²) in [4.78, 5) is 36.9. The smallest absolute Gasteiger partial charge is 0.306 e. The summed E-state index contributed by atoms with van der Waals surface area (Å²) in [5.41, 5.74) is 5.30. The molecular weight excluding hydrogens is 673 g/mol. The molecule has 0 fully saturated rings. The molecule has 0 rings (SSSR count). The van der Waals surface area contributed by atoms with Crippen LogP contribution in [0.5, 0.6) is 0 Å². The van der Waals surface area contributed by atoms with Gasteiger partial charge in [-0.2, -0.15) is 0 Å². The normalized spacial score (nSPS) is 14.5. The van der Waals surface area contributed by atoms with Crippen LogP contribution in [-0.2, 0) is 32.7 Å². The molecule has 0 spiro atoms. The first-order chi connectivity index (χ1) is 24.6. The van der Waals surface area contributed by atoms with E-state index >= 15 is 0 Å². The van der Waals surface area contributed by atoms with E-state index in [9.17, 15) is 29.3 Å². The van der Waals surface area contributed by atoms with Crippen LogP contribution in [0.2, 0.25) is 0 Å². The van der Waals surface area contributed by atoms with Gasteiger partial charge >= 0.3 is 11.9 Å². The van der Waals surface area contributed by atoms with Crippen LogP contribution in [0.15, 0.2) is 0 Å². The van der Waals surface area contributed by atoms with Crippen LogP contribution in [-0.4, -0.2) is 66.8 Å². The van der Waals surface area contributed by atoms with Gasteiger partial charge in [0.25, 0.3) is 7.82 Å². The summed E-state index contributed by atoms with van der Waals surface area (Å²) in [6, 6.07) is 0. The molecule has 4 N–H and O–H groups in total. The lowest BCUT2D eigenvalue weighted by Gasteiger charge is -2.25. The second-order valence-electron chi connectivity index (χ2n) is 14.1. The van der Waals surface area contributed by atoms with E-state index in [-0.39, 0.29) is 32.6 Å². The third-order valence-corrected chi connectivity index (χ3v) is 10.1. The van der Waals surface area contributed by atoms with Crippen molar-refractivity contribution in [3.05, 3.63) is 0 Å². The number of ether oxygens (including phenoxy) is 2. The maximum Gasteiger partial charge on any atom is 0.306 e. The highest BCUT2D eigenvalue weighted by atomic mass is 31.2. The average molecular weight is 751 g/mol. The second kappa shape index (κ2) is 35.9. The number of aliphatic hydroxyl groups is 2. The summed E-state index contributed by atoms with van der Waals surface area (Å²) in [6.07, 6.45) is 25.7. The first kappa shape index (κ1) is 49.9. The van der Waals surface area contributed by atoms with Crippen molar-refractivity contribution in [2.75, 3.05) is 26.4 Å². The third-order valence-electron chi connectivity index (χ3n) is 9.18. The Kier molecular flexibility index (Phi) is 35.2. The van der Waals surface area contributed by atoms with Crippen molar-refractivity contribution in [2.24, 2.45) is 5.73 Å². The van der Waals surface area contributed by atoms with Gasteiger partial charge in [-0.1, -0.05) is 155 Å². The van der Waals surface area contributed by atoms with Gasteiger partial charge in [0.2, 0.25) is 0 Å². The van der Waals surface area contributed by atoms with E-state index in [1.54, 1.807) is 0 Å². The lowest BCUT2D eigenvalue weighted by molar-refractivity contribution is -0.228. The molecule has 0 aromatic carbocycles. The fraction of sp³-hybridized carbons (Fsp3) is 0.949. The van der Waals surface area contributed by atoms with Crippen LogP contribution >= 0.6 is 7.82 Å². The van der Waals surface area contributed by atoms with E-state index in [2.05, 4.69) is 18.4 Å². The van der Waals surface area contributed by atoms with Crippen molar-refractivity contribution in [2.45, 2.75) is 212 Å². The number of aliphatic hydroxyl groups excluding tert-OH is 2. The van der Waals surface area contributed by atoms with Crippen LogP contribution in [0.4, 0.5) is 0 Å². The van der Waals surface area contributed by atoms with Gasteiger partial charge in [0.1, 0.15) is 6.61 Å². The van der Waals surface area contributed by atoms with Crippen LogP contribution in [0.25, 0.3) is 0 Å². The van der Waals surface area contributed by atoms with Crippen LogP contribution in [0.1, 0.15) is 194 Å². The Balaban J connectivity index is 4.24. The Morgan fingerprint density at radius 2 is 0.980 bits per heavy atom. The molecule has 0 saturated carbocycles. The van der Waals surface area contributed by atoms with Gasteiger partial charge < -0.3 is 39.4 Å². The number of esters is 2. The topological polar surface area (TPSA) is 178 Å². The molecule has 0 bridgehead atoms. The number of hydrogen-bond donors (Lipinski definition) is 3. The molecular formula is C39H77NO10P-. The maximum atomic E-state index is 12.5. The first-order valence-electron chi connectivity index (χ1n) is 20.7. The Morgan fingerprint density at radius 1 is 0.588 bits per heavy atom. The summed E-state index contributed by atoms with van der Waals surface area (Å²) in [7, 11) is -4.65. The maximum absolute atomic E-state index is 12.5. The summed E-state index contributed by atoms with van der Waals surface area (Å²) in [5, 5.41) is 20.3. The monoisotopic (exact) mass is 751 g/mol. The van der Waals surface area contributed by atoms with Crippen molar-refractivity contribution in [1.82, 2.24) is 0 Å². The fourth-order valence-corrected chi connectivity index (χ4v) is 6.71. The minimum Gasteiger partial charge on any atom is -0.756 e. The van der Waals surface area contributed by atoms with E-state index < -0.39 is 44.7 Å². The van der Waals surface area contributed by atoms with E-state index in [0.717, 1.165) is 83.5 Å². The molecule has 3 unspecified atom stereocenters. The van der Waals surface area contributed by atoms with E-state index in [4.69, 9.17) is 19.7 Å². The zero-order valence-electron chi connectivity index (χ0n) is 32.5. The van der Waals surface area contributed by atoms with Crippen molar-refractivity contribution >= 4 is 19.8 Å². The van der Waals surface area contributed by atoms with E-state index in [0.29, 0.717) is 25.7 Å². The molecule has 0 aliphatic carbocycles. The molecule has 304 valence electrons. The van der Waals surface area contributed by atoms with Crippen LogP contribution in [0, 0.1) is 0 Å². The number of carbonyl (C=O) groups is 2. The summed E-state index contributed by atoms with van der Waals surface area (Å²) in [5.74, 6) is -0.932. The Morgan fingerprint density at radius 3 is 1.43 bits per heavy atom. The Labute approximate surface area is 311 Å². The molecule has 0 radical (unpaired) electrons. The number of nitrogens with two attached hydrogens (primary N) is 1. The van der Waals surface area contributed by atoms with Gasteiger partial charge in [0, 0.05) is 19.4 Å². The quantitative estimate of drug-likeness (QED) is 0.0311. The largest absolute Gasteiger partial charge is 0.756 e. The number of phosphoric acid groups is 1. The molecule has 0 aromatic heterocycles. The molecule has 0 saturated heterocycles. The van der Waals surface area contributed by atoms with Crippen molar-refractivity contribution in [1.29, 1.82) is 0 Å².